The lowest BCUT2D eigenvalue weighted by atomic mass is 10.0. The Labute approximate surface area is 233 Å². The quantitative estimate of drug-likeness (QED) is 0.370. The summed E-state index contributed by atoms with van der Waals surface area (Å²) in [6.45, 7) is -1.05. The van der Waals surface area contributed by atoms with Crippen LogP contribution in [0.25, 0.3) is 0 Å². The standard InChI is InChI=1S/C30H33F2N3O4S/c1-40(38,39)35(27-18-10-9-17-26(27)32)21-29(36)34(20-23-13-5-8-16-25(23)31)28(19-22-11-3-2-4-12-22)30(37)33-24-14-6-7-15-24/h2-5,8-13,16-18,24,28H,6-7,14-15,19-21H2,1H3,(H,33,37)/t28-/m0/s1. The van der Waals surface area contributed by atoms with E-state index in [2.05, 4.69) is 5.32 Å². The highest BCUT2D eigenvalue weighted by molar-refractivity contribution is 7.92. The van der Waals surface area contributed by atoms with E-state index in [0.717, 1.165) is 43.6 Å². The first-order valence-corrected chi connectivity index (χ1v) is 15.1. The van der Waals surface area contributed by atoms with Gasteiger partial charge in [-0.05, 0) is 36.6 Å². The summed E-state index contributed by atoms with van der Waals surface area (Å²) in [5, 5.41) is 3.04. The first-order chi connectivity index (χ1) is 19.1. The highest BCUT2D eigenvalue weighted by Crippen LogP contribution is 2.24. The van der Waals surface area contributed by atoms with Gasteiger partial charge < -0.3 is 10.2 Å². The summed E-state index contributed by atoms with van der Waals surface area (Å²) in [6.07, 6.45) is 4.61. The molecule has 1 aliphatic carbocycles. The molecule has 7 nitrogen and oxygen atoms in total. The maximum atomic E-state index is 14.8. The van der Waals surface area contributed by atoms with Gasteiger partial charge in [-0.15, -0.1) is 0 Å². The molecule has 0 radical (unpaired) electrons. The molecule has 3 aromatic carbocycles. The molecule has 0 spiro atoms. The number of carbonyl (C=O) groups is 2. The van der Waals surface area contributed by atoms with Gasteiger partial charge in [0.2, 0.25) is 21.8 Å². The lowest BCUT2D eigenvalue weighted by Crippen LogP contribution is -2.54. The molecule has 1 saturated carbocycles. The largest absolute Gasteiger partial charge is 0.352 e. The summed E-state index contributed by atoms with van der Waals surface area (Å²) >= 11 is 0. The molecule has 0 unspecified atom stereocenters. The Bertz CT molecular complexity index is 1430. The van der Waals surface area contributed by atoms with Gasteiger partial charge in [0.15, 0.2) is 0 Å². The molecular weight excluding hydrogens is 536 g/mol. The zero-order valence-corrected chi connectivity index (χ0v) is 23.1. The van der Waals surface area contributed by atoms with Crippen LogP contribution in [0.3, 0.4) is 0 Å². The van der Waals surface area contributed by atoms with Crippen LogP contribution in [0.2, 0.25) is 0 Å². The Morgan fingerprint density at radius 2 is 1.50 bits per heavy atom. The van der Waals surface area contributed by atoms with Crippen molar-refractivity contribution < 1.29 is 26.8 Å². The van der Waals surface area contributed by atoms with Crippen LogP contribution < -0.4 is 9.62 Å². The van der Waals surface area contributed by atoms with Gasteiger partial charge in [-0.2, -0.15) is 0 Å². The Morgan fingerprint density at radius 3 is 2.12 bits per heavy atom. The number of hydrogen-bond donors (Lipinski definition) is 1. The molecule has 10 heteroatoms. The van der Waals surface area contributed by atoms with Gasteiger partial charge in [0.1, 0.15) is 24.2 Å². The van der Waals surface area contributed by atoms with Gasteiger partial charge in [0.25, 0.3) is 0 Å². The minimum Gasteiger partial charge on any atom is -0.352 e. The highest BCUT2D eigenvalue weighted by atomic mass is 32.2. The van der Waals surface area contributed by atoms with Crippen molar-refractivity contribution in [3.05, 3.63) is 102 Å². The van der Waals surface area contributed by atoms with Gasteiger partial charge in [-0.1, -0.05) is 73.5 Å². The second kappa shape index (κ2) is 13.0. The molecule has 0 saturated heterocycles. The predicted molar refractivity (Wildman–Crippen MR) is 150 cm³/mol. The van der Waals surface area contributed by atoms with Crippen molar-refractivity contribution in [3.8, 4) is 0 Å². The van der Waals surface area contributed by atoms with Crippen molar-refractivity contribution >= 4 is 27.5 Å². The maximum Gasteiger partial charge on any atom is 0.244 e. The zero-order chi connectivity index (χ0) is 28.7. The monoisotopic (exact) mass is 569 g/mol. The van der Waals surface area contributed by atoms with Crippen LogP contribution in [0.4, 0.5) is 14.5 Å². The fourth-order valence-corrected chi connectivity index (χ4v) is 5.83. The highest BCUT2D eigenvalue weighted by Gasteiger charge is 2.35. The first-order valence-electron chi connectivity index (χ1n) is 13.2. The topological polar surface area (TPSA) is 86.8 Å². The third kappa shape index (κ3) is 7.44. The maximum absolute atomic E-state index is 14.8. The van der Waals surface area contributed by atoms with E-state index in [4.69, 9.17) is 0 Å². The van der Waals surface area contributed by atoms with E-state index in [1.165, 1.54) is 41.3 Å². The van der Waals surface area contributed by atoms with Gasteiger partial charge in [0, 0.05) is 24.6 Å². The van der Waals surface area contributed by atoms with E-state index >= 15 is 0 Å². The van der Waals surface area contributed by atoms with Gasteiger partial charge in [-0.25, -0.2) is 17.2 Å². The van der Waals surface area contributed by atoms with Gasteiger partial charge in [-0.3, -0.25) is 13.9 Å². The Balaban J connectivity index is 1.74. The second-order valence-corrected chi connectivity index (χ2v) is 11.9. The third-order valence-electron chi connectivity index (χ3n) is 7.07. The van der Waals surface area contributed by atoms with Crippen molar-refractivity contribution in [1.82, 2.24) is 10.2 Å². The predicted octanol–water partition coefficient (Wildman–Crippen LogP) is 4.43. The fourth-order valence-electron chi connectivity index (χ4n) is 4.98. The average molecular weight is 570 g/mol. The molecule has 0 aliphatic heterocycles. The van der Waals surface area contributed by atoms with Crippen molar-refractivity contribution in [2.75, 3.05) is 17.1 Å². The van der Waals surface area contributed by atoms with Crippen molar-refractivity contribution in [1.29, 1.82) is 0 Å². The normalized spacial score (nSPS) is 14.5. The molecule has 4 rings (SSSR count). The zero-order valence-electron chi connectivity index (χ0n) is 22.3. The number of nitrogens with one attached hydrogen (secondary N) is 1. The number of anilines is 1. The van der Waals surface area contributed by atoms with E-state index in [1.807, 2.05) is 30.3 Å². The van der Waals surface area contributed by atoms with Gasteiger partial charge >= 0.3 is 0 Å². The average Bonchev–Trinajstić information content (AvgIpc) is 3.43. The number of carbonyl (C=O) groups excluding carboxylic acids is 2. The van der Waals surface area contributed by atoms with E-state index in [1.54, 1.807) is 6.07 Å². The number of nitrogens with zero attached hydrogens (tertiary/aromatic N) is 2. The van der Waals surface area contributed by atoms with Crippen LogP contribution in [0.15, 0.2) is 78.9 Å². The molecule has 1 N–H and O–H groups in total. The third-order valence-corrected chi connectivity index (χ3v) is 8.20. The Morgan fingerprint density at radius 1 is 0.900 bits per heavy atom. The minimum absolute atomic E-state index is 0.0397. The van der Waals surface area contributed by atoms with Crippen molar-refractivity contribution in [2.45, 2.75) is 50.7 Å². The van der Waals surface area contributed by atoms with Crippen LogP contribution in [-0.2, 0) is 32.6 Å². The lowest BCUT2D eigenvalue weighted by molar-refractivity contribution is -0.140. The molecule has 1 aliphatic rings. The summed E-state index contributed by atoms with van der Waals surface area (Å²) in [4.78, 5) is 28.9. The van der Waals surface area contributed by atoms with Crippen molar-refractivity contribution in [2.24, 2.45) is 0 Å². The van der Waals surface area contributed by atoms with Gasteiger partial charge in [0.05, 0.1) is 11.9 Å². The van der Waals surface area contributed by atoms with Crippen molar-refractivity contribution in [3.63, 3.8) is 0 Å². The van der Waals surface area contributed by atoms with Crippen LogP contribution in [0.1, 0.15) is 36.8 Å². The summed E-state index contributed by atoms with van der Waals surface area (Å²) < 4.78 is 55.6. The molecular formula is C30H33F2N3O4S. The summed E-state index contributed by atoms with van der Waals surface area (Å²) in [5.41, 5.74) is 0.646. The second-order valence-electron chi connectivity index (χ2n) is 10.0. The van der Waals surface area contributed by atoms with Crippen LogP contribution in [-0.4, -0.2) is 50.0 Å². The number of para-hydroxylation sites is 1. The van der Waals surface area contributed by atoms with Crippen LogP contribution in [0, 0.1) is 11.6 Å². The summed E-state index contributed by atoms with van der Waals surface area (Å²) in [6, 6.07) is 19.1. The number of benzene rings is 3. The smallest absolute Gasteiger partial charge is 0.244 e. The minimum atomic E-state index is -4.10. The SMILES string of the molecule is CS(=O)(=O)N(CC(=O)N(Cc1ccccc1F)[C@@H](Cc1ccccc1)C(=O)NC1CCCC1)c1ccccc1F. The van der Waals surface area contributed by atoms with E-state index < -0.39 is 46.1 Å². The van der Waals surface area contributed by atoms with Crippen LogP contribution >= 0.6 is 0 Å². The summed E-state index contributed by atoms with van der Waals surface area (Å²) in [5.74, 6) is -2.55. The first kappa shape index (κ1) is 29.2. The molecule has 0 heterocycles. The molecule has 1 fully saturated rings. The van der Waals surface area contributed by atoms with Crippen LogP contribution in [0.5, 0.6) is 0 Å². The van der Waals surface area contributed by atoms with E-state index in [-0.39, 0.29) is 30.3 Å². The number of sulfonamides is 1. The molecule has 3 aromatic rings. The molecule has 212 valence electrons. The van der Waals surface area contributed by atoms with E-state index in [9.17, 15) is 26.8 Å². The Kier molecular flexibility index (Phi) is 9.52. The lowest BCUT2D eigenvalue weighted by Gasteiger charge is -2.34. The number of rotatable bonds is 11. The number of halogens is 2. The summed E-state index contributed by atoms with van der Waals surface area (Å²) in [7, 11) is -4.10. The molecule has 0 aromatic heterocycles. The molecule has 2 amide bonds. The molecule has 0 bridgehead atoms. The Hall–Kier alpha value is -3.79. The molecule has 1 atom stereocenters. The fraction of sp³-hybridized carbons (Fsp3) is 0.333. The number of hydrogen-bond acceptors (Lipinski definition) is 4. The molecule has 40 heavy (non-hydrogen) atoms. The van der Waals surface area contributed by atoms with E-state index in [0.29, 0.717) is 4.31 Å². The number of amides is 2.